The SMILES string of the molecule is O=C(NCC1(CCO)CC1)c1cnc(Cl)cn1. The zero-order valence-electron chi connectivity index (χ0n) is 9.32. The number of nitrogens with one attached hydrogen (secondary N) is 1. The molecule has 2 rings (SSSR count). The van der Waals surface area contributed by atoms with Crippen molar-refractivity contribution in [3.05, 3.63) is 23.2 Å². The van der Waals surface area contributed by atoms with Crippen LogP contribution in [0.3, 0.4) is 0 Å². The summed E-state index contributed by atoms with van der Waals surface area (Å²) in [6, 6.07) is 0. The zero-order valence-corrected chi connectivity index (χ0v) is 10.1. The van der Waals surface area contributed by atoms with Crippen molar-refractivity contribution in [2.24, 2.45) is 5.41 Å². The molecule has 0 aliphatic heterocycles. The van der Waals surface area contributed by atoms with Crippen LogP contribution in [0.15, 0.2) is 12.4 Å². The van der Waals surface area contributed by atoms with Crippen molar-refractivity contribution in [1.29, 1.82) is 0 Å². The maximum Gasteiger partial charge on any atom is 0.271 e. The van der Waals surface area contributed by atoms with Gasteiger partial charge in [-0.1, -0.05) is 11.6 Å². The fourth-order valence-electron chi connectivity index (χ4n) is 1.72. The van der Waals surface area contributed by atoms with Gasteiger partial charge in [-0.25, -0.2) is 9.97 Å². The van der Waals surface area contributed by atoms with Crippen LogP contribution in [0, 0.1) is 5.41 Å². The number of aliphatic hydroxyl groups excluding tert-OH is 1. The Bertz CT molecular complexity index is 404. The van der Waals surface area contributed by atoms with Gasteiger partial charge in [-0.05, 0) is 24.7 Å². The van der Waals surface area contributed by atoms with E-state index in [2.05, 4.69) is 15.3 Å². The van der Waals surface area contributed by atoms with Crippen molar-refractivity contribution in [3.63, 3.8) is 0 Å². The first kappa shape index (κ1) is 12.3. The minimum Gasteiger partial charge on any atom is -0.396 e. The molecule has 92 valence electrons. The number of nitrogens with zero attached hydrogens (tertiary/aromatic N) is 2. The molecule has 0 bridgehead atoms. The standard InChI is InChI=1S/C11H14ClN3O2/c12-9-6-13-8(5-14-9)10(17)15-7-11(1-2-11)3-4-16/h5-6,16H,1-4,7H2,(H,15,17). The summed E-state index contributed by atoms with van der Waals surface area (Å²) in [4.78, 5) is 19.4. The molecule has 1 aliphatic carbocycles. The van der Waals surface area contributed by atoms with E-state index in [0.717, 1.165) is 19.3 Å². The molecule has 0 spiro atoms. The van der Waals surface area contributed by atoms with Gasteiger partial charge in [0.05, 0.1) is 12.4 Å². The van der Waals surface area contributed by atoms with Gasteiger partial charge in [-0.3, -0.25) is 4.79 Å². The van der Waals surface area contributed by atoms with E-state index < -0.39 is 0 Å². The van der Waals surface area contributed by atoms with Gasteiger partial charge in [0.15, 0.2) is 0 Å². The molecule has 0 unspecified atom stereocenters. The molecule has 1 aromatic rings. The largest absolute Gasteiger partial charge is 0.396 e. The van der Waals surface area contributed by atoms with Crippen molar-refractivity contribution in [3.8, 4) is 0 Å². The van der Waals surface area contributed by atoms with Crippen molar-refractivity contribution in [1.82, 2.24) is 15.3 Å². The predicted octanol–water partition coefficient (Wildman–Crippen LogP) is 1.02. The highest BCUT2D eigenvalue weighted by atomic mass is 35.5. The predicted molar refractivity (Wildman–Crippen MR) is 62.7 cm³/mol. The molecule has 2 N–H and O–H groups in total. The highest BCUT2D eigenvalue weighted by Crippen LogP contribution is 2.47. The van der Waals surface area contributed by atoms with Crippen molar-refractivity contribution < 1.29 is 9.90 Å². The fraction of sp³-hybridized carbons (Fsp3) is 0.545. The normalized spacial score (nSPS) is 16.6. The Kier molecular flexibility index (Phi) is 3.59. The van der Waals surface area contributed by atoms with E-state index in [0.29, 0.717) is 6.54 Å². The molecule has 1 aliphatic rings. The number of hydrogen-bond donors (Lipinski definition) is 2. The molecule has 1 fully saturated rings. The highest BCUT2D eigenvalue weighted by Gasteiger charge is 2.41. The van der Waals surface area contributed by atoms with Crippen LogP contribution in [0.4, 0.5) is 0 Å². The lowest BCUT2D eigenvalue weighted by atomic mass is 10.0. The Labute approximate surface area is 104 Å². The highest BCUT2D eigenvalue weighted by molar-refractivity contribution is 6.29. The topological polar surface area (TPSA) is 75.1 Å². The summed E-state index contributed by atoms with van der Waals surface area (Å²) < 4.78 is 0. The number of aromatic nitrogens is 2. The molecule has 1 amide bonds. The molecule has 5 nitrogen and oxygen atoms in total. The van der Waals surface area contributed by atoms with Crippen LogP contribution >= 0.6 is 11.6 Å². The second-order valence-electron chi connectivity index (χ2n) is 4.38. The second-order valence-corrected chi connectivity index (χ2v) is 4.77. The summed E-state index contributed by atoms with van der Waals surface area (Å²) in [7, 11) is 0. The Balaban J connectivity index is 1.87. The Hall–Kier alpha value is -1.20. The first-order valence-corrected chi connectivity index (χ1v) is 5.90. The monoisotopic (exact) mass is 255 g/mol. The van der Waals surface area contributed by atoms with Gasteiger partial charge in [0.25, 0.3) is 5.91 Å². The molecular formula is C11H14ClN3O2. The summed E-state index contributed by atoms with van der Waals surface area (Å²) in [5.41, 5.74) is 0.360. The maximum atomic E-state index is 11.7. The van der Waals surface area contributed by atoms with Crippen LogP contribution < -0.4 is 5.32 Å². The summed E-state index contributed by atoms with van der Waals surface area (Å²) in [6.45, 7) is 0.743. The second kappa shape index (κ2) is 4.98. The van der Waals surface area contributed by atoms with Crippen LogP contribution in [-0.2, 0) is 0 Å². The number of amides is 1. The molecule has 6 heteroatoms. The maximum absolute atomic E-state index is 11.7. The number of carbonyl (C=O) groups excluding carboxylic acids is 1. The lowest BCUT2D eigenvalue weighted by Gasteiger charge is -2.13. The van der Waals surface area contributed by atoms with E-state index in [4.69, 9.17) is 16.7 Å². The van der Waals surface area contributed by atoms with E-state index >= 15 is 0 Å². The van der Waals surface area contributed by atoms with Gasteiger partial charge >= 0.3 is 0 Å². The number of rotatable bonds is 5. The number of halogens is 1. The van der Waals surface area contributed by atoms with Gasteiger partial charge in [-0.15, -0.1) is 0 Å². The van der Waals surface area contributed by atoms with E-state index in [1.54, 1.807) is 0 Å². The zero-order chi connectivity index (χ0) is 12.3. The third-order valence-electron chi connectivity index (χ3n) is 3.08. The molecule has 0 saturated heterocycles. The molecule has 0 atom stereocenters. The molecule has 0 radical (unpaired) electrons. The minimum absolute atomic E-state index is 0.101. The lowest BCUT2D eigenvalue weighted by Crippen LogP contribution is -2.31. The quantitative estimate of drug-likeness (QED) is 0.824. The first-order chi connectivity index (χ1) is 8.15. The van der Waals surface area contributed by atoms with E-state index in [-0.39, 0.29) is 28.8 Å². The smallest absolute Gasteiger partial charge is 0.271 e. The van der Waals surface area contributed by atoms with Gasteiger partial charge in [0, 0.05) is 13.2 Å². The van der Waals surface area contributed by atoms with Crippen molar-refractivity contribution in [2.75, 3.05) is 13.2 Å². The van der Waals surface area contributed by atoms with Crippen molar-refractivity contribution >= 4 is 17.5 Å². The molecular weight excluding hydrogens is 242 g/mol. The number of carbonyl (C=O) groups is 1. The fourth-order valence-corrected chi connectivity index (χ4v) is 1.81. The average Bonchev–Trinajstić information content (AvgIpc) is 3.08. The molecule has 1 heterocycles. The van der Waals surface area contributed by atoms with E-state index in [1.807, 2.05) is 0 Å². The van der Waals surface area contributed by atoms with Crippen molar-refractivity contribution in [2.45, 2.75) is 19.3 Å². The summed E-state index contributed by atoms with van der Waals surface area (Å²) in [6.07, 6.45) is 5.54. The van der Waals surface area contributed by atoms with Gasteiger partial charge in [0.2, 0.25) is 0 Å². The van der Waals surface area contributed by atoms with Gasteiger partial charge in [0.1, 0.15) is 10.8 Å². The van der Waals surface area contributed by atoms with E-state index in [9.17, 15) is 4.79 Å². The minimum atomic E-state index is -0.251. The van der Waals surface area contributed by atoms with Crippen LogP contribution in [0.1, 0.15) is 29.8 Å². The van der Waals surface area contributed by atoms with Crippen LogP contribution in [0.5, 0.6) is 0 Å². The molecule has 0 aromatic carbocycles. The molecule has 1 saturated carbocycles. The van der Waals surface area contributed by atoms with Gasteiger partial charge < -0.3 is 10.4 Å². The summed E-state index contributed by atoms with van der Waals surface area (Å²) in [5.74, 6) is -0.251. The van der Waals surface area contributed by atoms with Crippen LogP contribution in [0.2, 0.25) is 5.15 Å². The summed E-state index contributed by atoms with van der Waals surface area (Å²) >= 11 is 5.58. The number of aliphatic hydroxyl groups is 1. The molecule has 17 heavy (non-hydrogen) atoms. The Morgan fingerprint density at radius 3 is 2.76 bits per heavy atom. The Morgan fingerprint density at radius 1 is 1.47 bits per heavy atom. The molecule has 1 aromatic heterocycles. The average molecular weight is 256 g/mol. The first-order valence-electron chi connectivity index (χ1n) is 5.52. The Morgan fingerprint density at radius 2 is 2.24 bits per heavy atom. The van der Waals surface area contributed by atoms with E-state index in [1.165, 1.54) is 12.4 Å². The lowest BCUT2D eigenvalue weighted by molar-refractivity contribution is 0.0935. The number of hydrogen-bond acceptors (Lipinski definition) is 4. The third kappa shape index (κ3) is 3.14. The van der Waals surface area contributed by atoms with Gasteiger partial charge in [-0.2, -0.15) is 0 Å². The summed E-state index contributed by atoms with van der Waals surface area (Å²) in [5, 5.41) is 12.0. The third-order valence-corrected chi connectivity index (χ3v) is 3.27. The van der Waals surface area contributed by atoms with Crippen LogP contribution in [0.25, 0.3) is 0 Å². The van der Waals surface area contributed by atoms with Crippen LogP contribution in [-0.4, -0.2) is 34.1 Å².